The highest BCUT2D eigenvalue weighted by Gasteiger charge is 2.16. The zero-order valence-corrected chi connectivity index (χ0v) is 15.0. The van der Waals surface area contributed by atoms with Gasteiger partial charge in [0.1, 0.15) is 12.3 Å². The summed E-state index contributed by atoms with van der Waals surface area (Å²) in [5.74, 6) is 0.0126. The molecule has 7 heteroatoms. The highest BCUT2D eigenvalue weighted by Crippen LogP contribution is 2.15. The third kappa shape index (κ3) is 4.56. The number of anilines is 1. The van der Waals surface area contributed by atoms with Gasteiger partial charge >= 0.3 is 0 Å². The maximum Gasteiger partial charge on any atom is 0.282 e. The van der Waals surface area contributed by atoms with Gasteiger partial charge in [0.25, 0.3) is 11.9 Å². The van der Waals surface area contributed by atoms with E-state index in [1.807, 2.05) is 38.1 Å². The van der Waals surface area contributed by atoms with Crippen molar-refractivity contribution in [2.24, 2.45) is 10.7 Å². The summed E-state index contributed by atoms with van der Waals surface area (Å²) < 4.78 is 5.15. The lowest BCUT2D eigenvalue weighted by Gasteiger charge is -2.08. The number of aliphatic imine (C=N–C) groups is 1. The molecule has 2 aromatic rings. The number of nitrogens with one attached hydrogen (secondary N) is 1. The minimum atomic E-state index is -0.270. The Kier molecular flexibility index (Phi) is 5.46. The van der Waals surface area contributed by atoms with Gasteiger partial charge in [-0.2, -0.15) is 0 Å². The summed E-state index contributed by atoms with van der Waals surface area (Å²) in [5, 5.41) is 2.84. The molecule has 3 N–H and O–H groups in total. The van der Waals surface area contributed by atoms with E-state index in [0.717, 1.165) is 24.2 Å². The van der Waals surface area contributed by atoms with Crippen molar-refractivity contribution in [1.82, 2.24) is 9.97 Å². The van der Waals surface area contributed by atoms with Gasteiger partial charge in [-0.3, -0.25) is 9.78 Å². The number of nitrogens with two attached hydrogens (primary N) is 1. The molecule has 0 saturated heterocycles. The smallest absolute Gasteiger partial charge is 0.282 e. The highest BCUT2D eigenvalue weighted by molar-refractivity contribution is 6.02. The van der Waals surface area contributed by atoms with Gasteiger partial charge in [-0.1, -0.05) is 26.0 Å². The molecule has 0 saturated carbocycles. The second-order valence-electron chi connectivity index (χ2n) is 6.60. The normalized spacial score (nSPS) is 16.3. The standard InChI is InChI=1S/C19H23N5O2/c1-12(2)16-9-22-17(10-21-16)18(25)23-14-6-3-13(4-7-14)5-8-15-11-26-19(20)24-15/h3-4,6-7,9-10,12,15H,5,8,11H2,1-2H3,(H2,20,24)(H,23,25)/t15-/m0/s1. The van der Waals surface area contributed by atoms with Crippen molar-refractivity contribution in [3.05, 3.63) is 53.6 Å². The van der Waals surface area contributed by atoms with E-state index in [2.05, 4.69) is 20.3 Å². The molecule has 2 heterocycles. The van der Waals surface area contributed by atoms with E-state index in [-0.39, 0.29) is 23.9 Å². The number of nitrogens with zero attached hydrogens (tertiary/aromatic N) is 3. The second kappa shape index (κ2) is 7.95. The number of amidine groups is 1. The Bertz CT molecular complexity index is 785. The molecule has 0 aliphatic carbocycles. The molecule has 0 spiro atoms. The summed E-state index contributed by atoms with van der Waals surface area (Å²) in [7, 11) is 0. The maximum atomic E-state index is 12.3. The molecule has 3 rings (SSSR count). The van der Waals surface area contributed by atoms with E-state index in [4.69, 9.17) is 10.5 Å². The van der Waals surface area contributed by atoms with Gasteiger partial charge in [0, 0.05) is 11.9 Å². The van der Waals surface area contributed by atoms with Crippen LogP contribution in [0.5, 0.6) is 0 Å². The van der Waals surface area contributed by atoms with Crippen LogP contribution < -0.4 is 11.1 Å². The number of aryl methyl sites for hydroxylation is 1. The van der Waals surface area contributed by atoms with Crippen molar-refractivity contribution in [2.45, 2.75) is 38.6 Å². The number of hydrogen-bond acceptors (Lipinski definition) is 6. The zero-order valence-electron chi connectivity index (χ0n) is 15.0. The predicted molar refractivity (Wildman–Crippen MR) is 100 cm³/mol. The highest BCUT2D eigenvalue weighted by atomic mass is 16.5. The predicted octanol–water partition coefficient (Wildman–Crippen LogP) is 2.50. The summed E-state index contributed by atoms with van der Waals surface area (Å²) in [6.07, 6.45) is 4.91. The van der Waals surface area contributed by atoms with Gasteiger partial charge in [0.05, 0.1) is 17.9 Å². The van der Waals surface area contributed by atoms with Gasteiger partial charge in [-0.15, -0.1) is 0 Å². The van der Waals surface area contributed by atoms with Gasteiger partial charge in [0.2, 0.25) is 0 Å². The second-order valence-corrected chi connectivity index (χ2v) is 6.60. The molecule has 1 aromatic carbocycles. The number of benzene rings is 1. The third-order valence-corrected chi connectivity index (χ3v) is 4.21. The number of hydrogen-bond donors (Lipinski definition) is 2. The molecule has 1 amide bonds. The number of carbonyl (C=O) groups excluding carboxylic acids is 1. The molecule has 0 unspecified atom stereocenters. The lowest BCUT2D eigenvalue weighted by atomic mass is 10.1. The van der Waals surface area contributed by atoms with E-state index in [0.29, 0.717) is 12.3 Å². The van der Waals surface area contributed by atoms with Crippen molar-refractivity contribution in [2.75, 3.05) is 11.9 Å². The first kappa shape index (κ1) is 17.8. The third-order valence-electron chi connectivity index (χ3n) is 4.21. The molecular weight excluding hydrogens is 330 g/mol. The average molecular weight is 353 g/mol. The van der Waals surface area contributed by atoms with E-state index >= 15 is 0 Å². The van der Waals surface area contributed by atoms with Crippen molar-refractivity contribution < 1.29 is 9.53 Å². The molecule has 0 radical (unpaired) electrons. The van der Waals surface area contributed by atoms with Crippen LogP contribution in [0.1, 0.15) is 47.9 Å². The minimum Gasteiger partial charge on any atom is -0.463 e. The number of amides is 1. The van der Waals surface area contributed by atoms with Crippen LogP contribution in [0.25, 0.3) is 0 Å². The van der Waals surface area contributed by atoms with Crippen LogP contribution in [0.15, 0.2) is 41.7 Å². The molecule has 136 valence electrons. The number of aromatic nitrogens is 2. The monoisotopic (exact) mass is 353 g/mol. The van der Waals surface area contributed by atoms with Gasteiger partial charge in [-0.05, 0) is 36.5 Å². The molecular formula is C19H23N5O2. The van der Waals surface area contributed by atoms with Crippen molar-refractivity contribution >= 4 is 17.6 Å². The Labute approximate surface area is 152 Å². The Morgan fingerprint density at radius 3 is 2.62 bits per heavy atom. The zero-order chi connectivity index (χ0) is 18.5. The quantitative estimate of drug-likeness (QED) is 0.830. The first-order chi connectivity index (χ1) is 12.5. The van der Waals surface area contributed by atoms with E-state index in [1.54, 1.807) is 6.20 Å². The first-order valence-electron chi connectivity index (χ1n) is 8.69. The van der Waals surface area contributed by atoms with E-state index in [1.165, 1.54) is 11.8 Å². The van der Waals surface area contributed by atoms with Crippen LogP contribution in [-0.4, -0.2) is 34.5 Å². The Hall–Kier alpha value is -2.96. The fourth-order valence-corrected chi connectivity index (χ4v) is 2.62. The lowest BCUT2D eigenvalue weighted by molar-refractivity contribution is 0.102. The fourth-order valence-electron chi connectivity index (χ4n) is 2.62. The summed E-state index contributed by atoms with van der Waals surface area (Å²) in [5.41, 5.74) is 8.57. The van der Waals surface area contributed by atoms with E-state index < -0.39 is 0 Å². The maximum absolute atomic E-state index is 12.3. The number of ether oxygens (including phenoxy) is 1. The molecule has 1 atom stereocenters. The molecule has 26 heavy (non-hydrogen) atoms. The van der Waals surface area contributed by atoms with Crippen molar-refractivity contribution in [1.29, 1.82) is 0 Å². The fraction of sp³-hybridized carbons (Fsp3) is 0.368. The molecule has 7 nitrogen and oxygen atoms in total. The van der Waals surface area contributed by atoms with Crippen LogP contribution in [-0.2, 0) is 11.2 Å². The van der Waals surface area contributed by atoms with Crippen LogP contribution in [0.3, 0.4) is 0 Å². The Balaban J connectivity index is 1.54. The topological polar surface area (TPSA) is 102 Å². The van der Waals surface area contributed by atoms with Crippen molar-refractivity contribution in [3.8, 4) is 0 Å². The minimum absolute atomic E-state index is 0.127. The van der Waals surface area contributed by atoms with Gasteiger partial charge < -0.3 is 15.8 Å². The first-order valence-corrected chi connectivity index (χ1v) is 8.69. The molecule has 0 bridgehead atoms. The summed E-state index contributed by atoms with van der Waals surface area (Å²) in [4.78, 5) is 24.9. The van der Waals surface area contributed by atoms with Crippen molar-refractivity contribution in [3.63, 3.8) is 0 Å². The van der Waals surface area contributed by atoms with Crippen LogP contribution in [0.2, 0.25) is 0 Å². The Morgan fingerprint density at radius 1 is 1.27 bits per heavy atom. The molecule has 1 aliphatic heterocycles. The molecule has 1 aliphatic rings. The Morgan fingerprint density at radius 2 is 2.04 bits per heavy atom. The summed E-state index contributed by atoms with van der Waals surface area (Å²) >= 11 is 0. The van der Waals surface area contributed by atoms with E-state index in [9.17, 15) is 4.79 Å². The van der Waals surface area contributed by atoms with Crippen LogP contribution in [0, 0.1) is 0 Å². The SMILES string of the molecule is CC(C)c1cnc(C(=O)Nc2ccc(CC[C@H]3COC(N)=N3)cc2)cn1. The molecule has 1 aromatic heterocycles. The summed E-state index contributed by atoms with van der Waals surface area (Å²) in [6.45, 7) is 4.62. The molecule has 0 fully saturated rings. The largest absolute Gasteiger partial charge is 0.463 e. The van der Waals surface area contributed by atoms with Gasteiger partial charge in [-0.25, -0.2) is 9.98 Å². The van der Waals surface area contributed by atoms with Crippen LogP contribution in [0.4, 0.5) is 5.69 Å². The number of carbonyl (C=O) groups is 1. The average Bonchev–Trinajstić information content (AvgIpc) is 3.06. The lowest BCUT2D eigenvalue weighted by Crippen LogP contribution is -2.14. The van der Waals surface area contributed by atoms with Crippen LogP contribution >= 0.6 is 0 Å². The number of rotatable bonds is 6. The van der Waals surface area contributed by atoms with Gasteiger partial charge in [0.15, 0.2) is 0 Å². The summed E-state index contributed by atoms with van der Waals surface area (Å²) in [6, 6.07) is 8.15.